The molecular formula is C24H21N3O2S. The van der Waals surface area contributed by atoms with E-state index in [-0.39, 0.29) is 5.91 Å². The Morgan fingerprint density at radius 2 is 1.60 bits per heavy atom. The SMILES string of the molecule is O=C1/C(=C/c2ccc(N3CCCC3)o2)SC(=Nc2ccccc2)N1c1ccccc1. The van der Waals surface area contributed by atoms with Crippen LogP contribution in [0.1, 0.15) is 18.6 Å². The number of benzene rings is 2. The number of hydrogen-bond donors (Lipinski definition) is 0. The fourth-order valence-corrected chi connectivity index (χ4v) is 4.60. The highest BCUT2D eigenvalue weighted by Crippen LogP contribution is 2.37. The van der Waals surface area contributed by atoms with E-state index in [9.17, 15) is 4.79 Å². The number of thioether (sulfide) groups is 1. The van der Waals surface area contributed by atoms with E-state index in [0.717, 1.165) is 30.3 Å². The number of rotatable bonds is 4. The lowest BCUT2D eigenvalue weighted by Gasteiger charge is -2.15. The highest BCUT2D eigenvalue weighted by molar-refractivity contribution is 8.19. The third-order valence-electron chi connectivity index (χ3n) is 5.11. The third kappa shape index (κ3) is 3.78. The molecule has 0 unspecified atom stereocenters. The monoisotopic (exact) mass is 415 g/mol. The van der Waals surface area contributed by atoms with Gasteiger partial charge in [-0.25, -0.2) is 4.99 Å². The second-order valence-corrected chi connectivity index (χ2v) is 8.20. The Bertz CT molecular complexity index is 1100. The van der Waals surface area contributed by atoms with Crippen LogP contribution in [0.15, 0.2) is 87.1 Å². The predicted molar refractivity (Wildman–Crippen MR) is 123 cm³/mol. The molecule has 6 heteroatoms. The Labute approximate surface area is 179 Å². The Balaban J connectivity index is 1.49. The Morgan fingerprint density at radius 1 is 0.900 bits per heavy atom. The van der Waals surface area contributed by atoms with Crippen molar-refractivity contribution >= 4 is 46.2 Å². The van der Waals surface area contributed by atoms with Gasteiger partial charge in [0.2, 0.25) is 0 Å². The molecule has 150 valence electrons. The zero-order chi connectivity index (χ0) is 20.3. The van der Waals surface area contributed by atoms with Crippen molar-refractivity contribution in [2.75, 3.05) is 22.9 Å². The lowest BCUT2D eigenvalue weighted by atomic mass is 10.3. The standard InChI is InChI=1S/C24H21N3O2S/c28-23-21(17-20-13-14-22(29-20)26-15-7-8-16-26)30-24(25-18-9-3-1-4-10-18)27(23)19-11-5-2-6-12-19/h1-6,9-14,17H,7-8,15-16H2/b21-17-,25-24?. The number of hydrogen-bond acceptors (Lipinski definition) is 5. The van der Waals surface area contributed by atoms with Crippen molar-refractivity contribution in [1.29, 1.82) is 0 Å². The van der Waals surface area contributed by atoms with E-state index in [2.05, 4.69) is 4.90 Å². The van der Waals surface area contributed by atoms with Crippen LogP contribution in [0.2, 0.25) is 0 Å². The average molecular weight is 416 g/mol. The van der Waals surface area contributed by atoms with Gasteiger partial charge in [-0.15, -0.1) is 0 Å². The summed E-state index contributed by atoms with van der Waals surface area (Å²) in [4.78, 5) is 22.5. The van der Waals surface area contributed by atoms with Crippen molar-refractivity contribution < 1.29 is 9.21 Å². The lowest BCUT2D eigenvalue weighted by molar-refractivity contribution is -0.113. The first kappa shape index (κ1) is 18.8. The first-order valence-corrected chi connectivity index (χ1v) is 10.9. The van der Waals surface area contributed by atoms with Gasteiger partial charge in [-0.2, -0.15) is 0 Å². The maximum atomic E-state index is 13.3. The third-order valence-corrected chi connectivity index (χ3v) is 6.07. The Morgan fingerprint density at radius 3 is 2.33 bits per heavy atom. The summed E-state index contributed by atoms with van der Waals surface area (Å²) in [6.45, 7) is 2.04. The summed E-state index contributed by atoms with van der Waals surface area (Å²) >= 11 is 1.37. The van der Waals surface area contributed by atoms with Crippen LogP contribution in [0.3, 0.4) is 0 Å². The number of carbonyl (C=O) groups excluding carboxylic acids is 1. The number of furan rings is 1. The van der Waals surface area contributed by atoms with E-state index in [1.54, 1.807) is 4.90 Å². The van der Waals surface area contributed by atoms with Crippen LogP contribution >= 0.6 is 11.8 Å². The largest absolute Gasteiger partial charge is 0.441 e. The molecule has 0 bridgehead atoms. The second kappa shape index (κ2) is 8.24. The van der Waals surface area contributed by atoms with E-state index in [4.69, 9.17) is 9.41 Å². The summed E-state index contributed by atoms with van der Waals surface area (Å²) in [5.41, 5.74) is 1.61. The molecule has 1 amide bonds. The zero-order valence-corrected chi connectivity index (χ0v) is 17.2. The van der Waals surface area contributed by atoms with Crippen molar-refractivity contribution in [2.45, 2.75) is 12.8 Å². The summed E-state index contributed by atoms with van der Waals surface area (Å²) in [5.74, 6) is 1.45. The lowest BCUT2D eigenvalue weighted by Crippen LogP contribution is -2.28. The number of nitrogens with zero attached hydrogens (tertiary/aromatic N) is 3. The molecule has 2 aliphatic rings. The van der Waals surface area contributed by atoms with Crippen LogP contribution in [0.5, 0.6) is 0 Å². The van der Waals surface area contributed by atoms with Crippen molar-refractivity contribution in [3.8, 4) is 0 Å². The fraction of sp³-hybridized carbons (Fsp3) is 0.167. The van der Waals surface area contributed by atoms with Gasteiger partial charge in [0.15, 0.2) is 11.1 Å². The van der Waals surface area contributed by atoms with Gasteiger partial charge in [0, 0.05) is 25.2 Å². The molecule has 1 aromatic heterocycles. The highest BCUT2D eigenvalue weighted by Gasteiger charge is 2.35. The number of amides is 1. The molecule has 0 saturated carbocycles. The van der Waals surface area contributed by atoms with Crippen molar-refractivity contribution in [3.05, 3.63) is 83.5 Å². The number of amidine groups is 1. The summed E-state index contributed by atoms with van der Waals surface area (Å²) in [6, 6.07) is 23.2. The van der Waals surface area contributed by atoms with Gasteiger partial charge in [0.05, 0.1) is 16.3 Å². The summed E-state index contributed by atoms with van der Waals surface area (Å²) in [6.07, 6.45) is 4.20. The topological polar surface area (TPSA) is 49.1 Å². The summed E-state index contributed by atoms with van der Waals surface area (Å²) < 4.78 is 6.00. The molecule has 5 nitrogen and oxygen atoms in total. The van der Waals surface area contributed by atoms with E-state index in [1.165, 1.54) is 24.6 Å². The minimum absolute atomic E-state index is 0.0972. The van der Waals surface area contributed by atoms with Crippen LogP contribution in [0.25, 0.3) is 6.08 Å². The maximum absolute atomic E-state index is 13.3. The van der Waals surface area contributed by atoms with Gasteiger partial charge in [0.1, 0.15) is 5.76 Å². The minimum Gasteiger partial charge on any atom is -0.441 e. The number of anilines is 2. The molecule has 3 heterocycles. The molecule has 2 saturated heterocycles. The van der Waals surface area contributed by atoms with E-state index in [0.29, 0.717) is 15.8 Å². The minimum atomic E-state index is -0.0972. The van der Waals surface area contributed by atoms with Gasteiger partial charge in [-0.3, -0.25) is 9.69 Å². The quantitative estimate of drug-likeness (QED) is 0.514. The van der Waals surface area contributed by atoms with Crippen LogP contribution < -0.4 is 9.80 Å². The molecule has 2 aliphatic heterocycles. The highest BCUT2D eigenvalue weighted by atomic mass is 32.2. The molecule has 0 aliphatic carbocycles. The van der Waals surface area contributed by atoms with Gasteiger partial charge < -0.3 is 9.32 Å². The Kier molecular flexibility index (Phi) is 5.15. The molecule has 0 N–H and O–H groups in total. The van der Waals surface area contributed by atoms with Crippen molar-refractivity contribution in [3.63, 3.8) is 0 Å². The van der Waals surface area contributed by atoms with Crippen LogP contribution in [-0.4, -0.2) is 24.2 Å². The molecule has 0 atom stereocenters. The molecule has 2 fully saturated rings. The van der Waals surface area contributed by atoms with Crippen LogP contribution in [0.4, 0.5) is 17.3 Å². The van der Waals surface area contributed by atoms with Crippen LogP contribution in [-0.2, 0) is 4.79 Å². The van der Waals surface area contributed by atoms with Crippen molar-refractivity contribution in [2.24, 2.45) is 4.99 Å². The molecule has 0 radical (unpaired) electrons. The van der Waals surface area contributed by atoms with E-state index in [1.807, 2.05) is 78.9 Å². The van der Waals surface area contributed by atoms with Gasteiger partial charge in [-0.1, -0.05) is 36.4 Å². The molecule has 0 spiro atoms. The molecule has 30 heavy (non-hydrogen) atoms. The summed E-state index contributed by atoms with van der Waals surface area (Å²) in [5, 5.41) is 0.634. The first-order chi connectivity index (χ1) is 14.8. The molecule has 5 rings (SSSR count). The number of para-hydroxylation sites is 2. The molecule has 3 aromatic rings. The van der Waals surface area contributed by atoms with Gasteiger partial charge in [-0.05, 0) is 54.9 Å². The average Bonchev–Trinajstić information content (AvgIpc) is 3.52. The van der Waals surface area contributed by atoms with Crippen molar-refractivity contribution in [1.82, 2.24) is 0 Å². The smallest absolute Gasteiger partial charge is 0.271 e. The van der Waals surface area contributed by atoms with Crippen LogP contribution in [0, 0.1) is 0 Å². The summed E-state index contributed by atoms with van der Waals surface area (Å²) in [7, 11) is 0. The second-order valence-electron chi connectivity index (χ2n) is 7.19. The number of carbonyl (C=O) groups is 1. The van der Waals surface area contributed by atoms with Gasteiger partial charge >= 0.3 is 0 Å². The van der Waals surface area contributed by atoms with E-state index >= 15 is 0 Å². The zero-order valence-electron chi connectivity index (χ0n) is 16.4. The number of aliphatic imine (C=N–C) groups is 1. The van der Waals surface area contributed by atoms with Gasteiger partial charge in [0.25, 0.3) is 5.91 Å². The maximum Gasteiger partial charge on any atom is 0.271 e. The molecular weight excluding hydrogens is 394 g/mol. The normalized spacial score (nSPS) is 19.4. The first-order valence-electron chi connectivity index (χ1n) is 10.1. The predicted octanol–water partition coefficient (Wildman–Crippen LogP) is 5.69. The fourth-order valence-electron chi connectivity index (χ4n) is 3.62. The molecule has 2 aromatic carbocycles. The Hall–Kier alpha value is -3.25. The van der Waals surface area contributed by atoms with E-state index < -0.39 is 0 Å².